The molecule has 1 unspecified atom stereocenters. The van der Waals surface area contributed by atoms with E-state index in [0.29, 0.717) is 5.56 Å². The van der Waals surface area contributed by atoms with Crippen molar-refractivity contribution in [2.24, 2.45) is 0 Å². The Morgan fingerprint density at radius 1 is 1.43 bits per heavy atom. The molecule has 0 amide bonds. The number of fused-ring (bicyclic) bond motifs is 1. The monoisotopic (exact) mass is 304 g/mol. The third kappa shape index (κ3) is 1.38. The second-order valence-corrected chi connectivity index (χ2v) is 5.53. The number of carbonyl (C=O) groups excluding carboxylic acids is 1. The van der Waals surface area contributed by atoms with Crippen molar-refractivity contribution in [1.29, 1.82) is 0 Å². The van der Waals surface area contributed by atoms with Gasteiger partial charge in [-0.05, 0) is 53.6 Å². The van der Waals surface area contributed by atoms with Crippen LogP contribution in [-0.4, -0.2) is 9.46 Å². The highest BCUT2D eigenvalue weighted by atomic mass is 127. The van der Waals surface area contributed by atoms with Crippen LogP contribution in [0.15, 0.2) is 12.1 Å². The van der Waals surface area contributed by atoms with Gasteiger partial charge in [-0.1, -0.05) is 11.6 Å². The fourth-order valence-corrected chi connectivity index (χ4v) is 2.61. The topological polar surface area (TPSA) is 17.1 Å². The molecule has 74 valence electrons. The van der Waals surface area contributed by atoms with Crippen molar-refractivity contribution in [3.05, 3.63) is 34.4 Å². The number of carbonyl (C=O) groups is 1. The van der Waals surface area contributed by atoms with Crippen LogP contribution in [0.5, 0.6) is 0 Å². The summed E-state index contributed by atoms with van der Waals surface area (Å²) in [4.78, 5) is 11.6. The van der Waals surface area contributed by atoms with E-state index in [4.69, 9.17) is 0 Å². The summed E-state index contributed by atoms with van der Waals surface area (Å²) >= 11 is 1.60. The minimum absolute atomic E-state index is 0.216. The summed E-state index contributed by atoms with van der Waals surface area (Å²) < 4.78 is 12.0. The van der Waals surface area contributed by atoms with E-state index in [0.717, 1.165) is 16.7 Å². The summed E-state index contributed by atoms with van der Waals surface area (Å²) in [5, 5.41) is 0. The molecule has 1 atom stereocenters. The highest BCUT2D eigenvalue weighted by molar-refractivity contribution is 14.1. The second kappa shape index (κ2) is 3.02. The van der Waals surface area contributed by atoms with Gasteiger partial charge in [-0.2, -0.15) is 0 Å². The first-order valence-corrected chi connectivity index (χ1v) is 5.52. The number of benzene rings is 1. The van der Waals surface area contributed by atoms with Crippen LogP contribution >= 0.6 is 22.6 Å². The molecule has 1 aromatic rings. The van der Waals surface area contributed by atoms with Gasteiger partial charge in [0.2, 0.25) is 9.46 Å². The van der Waals surface area contributed by atoms with Crippen molar-refractivity contribution in [1.82, 2.24) is 0 Å². The first-order chi connectivity index (χ1) is 6.42. The van der Waals surface area contributed by atoms with E-state index in [-0.39, 0.29) is 12.2 Å². The largest absolute Gasteiger partial charge is 0.290 e. The minimum Gasteiger partial charge on any atom is -0.290 e. The van der Waals surface area contributed by atoms with Gasteiger partial charge in [-0.25, -0.2) is 4.39 Å². The number of ketones is 1. The van der Waals surface area contributed by atoms with Gasteiger partial charge in [0.15, 0.2) is 0 Å². The molecule has 0 fully saturated rings. The van der Waals surface area contributed by atoms with E-state index in [9.17, 15) is 9.18 Å². The number of hydrogen-bond acceptors (Lipinski definition) is 1. The van der Waals surface area contributed by atoms with Gasteiger partial charge in [-0.3, -0.25) is 4.79 Å². The summed E-state index contributed by atoms with van der Waals surface area (Å²) in [6, 6.07) is 3.77. The van der Waals surface area contributed by atoms with Gasteiger partial charge >= 0.3 is 0 Å². The number of Topliss-reactive ketones (excluding diaryl/α,β-unsaturated/α-hetero) is 1. The standard InChI is InChI=1S/C11H10FIO/c1-6-3-7(2)9-5-11(12,13)10(14)8(9)4-6/h3-4H,5H2,1-2H3. The van der Waals surface area contributed by atoms with Crippen LogP contribution in [-0.2, 0) is 6.42 Å². The van der Waals surface area contributed by atoms with Crippen LogP contribution in [0.3, 0.4) is 0 Å². The molecule has 0 spiro atoms. The first-order valence-electron chi connectivity index (χ1n) is 4.44. The highest BCUT2D eigenvalue weighted by Crippen LogP contribution is 2.39. The average molecular weight is 304 g/mol. The van der Waals surface area contributed by atoms with Gasteiger partial charge in [0.05, 0.1) is 0 Å². The van der Waals surface area contributed by atoms with E-state index >= 15 is 0 Å². The molecule has 0 aromatic heterocycles. The van der Waals surface area contributed by atoms with Gasteiger partial charge in [0, 0.05) is 12.0 Å². The molecule has 0 aliphatic heterocycles. The van der Waals surface area contributed by atoms with Crippen LogP contribution in [0.1, 0.15) is 27.0 Å². The Hall–Kier alpha value is -0.450. The molecule has 0 heterocycles. The molecular weight excluding hydrogens is 294 g/mol. The zero-order valence-corrected chi connectivity index (χ0v) is 10.2. The lowest BCUT2D eigenvalue weighted by atomic mass is 10.0. The average Bonchev–Trinajstić information content (AvgIpc) is 2.28. The number of alkyl halides is 2. The second-order valence-electron chi connectivity index (χ2n) is 3.82. The van der Waals surface area contributed by atoms with Crippen molar-refractivity contribution in [3.8, 4) is 0 Å². The number of halogens is 2. The molecular formula is C11H10FIO. The maximum absolute atomic E-state index is 13.7. The maximum atomic E-state index is 13.7. The summed E-state index contributed by atoms with van der Waals surface area (Å²) in [6.45, 7) is 3.85. The van der Waals surface area contributed by atoms with Crippen molar-refractivity contribution < 1.29 is 9.18 Å². The Balaban J connectivity index is 2.65. The fourth-order valence-electron chi connectivity index (χ4n) is 1.93. The summed E-state index contributed by atoms with van der Waals surface area (Å²) in [5.74, 6) is -0.375. The first kappa shape index (κ1) is 10.1. The summed E-state index contributed by atoms with van der Waals surface area (Å²) in [6.07, 6.45) is 0.216. The Morgan fingerprint density at radius 2 is 2.07 bits per heavy atom. The molecule has 1 aromatic carbocycles. The van der Waals surface area contributed by atoms with Crippen molar-refractivity contribution in [2.75, 3.05) is 0 Å². The van der Waals surface area contributed by atoms with E-state index in [1.54, 1.807) is 28.7 Å². The third-order valence-electron chi connectivity index (χ3n) is 2.59. The lowest BCUT2D eigenvalue weighted by molar-refractivity contribution is 0.0882. The normalized spacial score (nSPS) is 25.3. The van der Waals surface area contributed by atoms with Crippen LogP contribution in [0.2, 0.25) is 0 Å². The summed E-state index contributed by atoms with van der Waals surface area (Å²) in [5.41, 5.74) is 3.48. The molecule has 1 aliphatic rings. The molecule has 14 heavy (non-hydrogen) atoms. The molecule has 0 radical (unpaired) electrons. The predicted molar refractivity (Wildman–Crippen MR) is 61.8 cm³/mol. The number of aryl methyl sites for hydroxylation is 2. The minimum atomic E-state index is -1.72. The molecule has 0 N–H and O–H groups in total. The zero-order chi connectivity index (χ0) is 10.5. The molecule has 1 nitrogen and oxygen atoms in total. The van der Waals surface area contributed by atoms with Gasteiger partial charge in [-0.15, -0.1) is 0 Å². The Kier molecular flexibility index (Phi) is 2.17. The summed E-state index contributed by atoms with van der Waals surface area (Å²) in [7, 11) is 0. The molecule has 0 bridgehead atoms. The lowest BCUT2D eigenvalue weighted by Gasteiger charge is -2.05. The Labute approximate surface area is 95.8 Å². The van der Waals surface area contributed by atoms with Crippen molar-refractivity contribution >= 4 is 28.4 Å². The van der Waals surface area contributed by atoms with Crippen molar-refractivity contribution in [3.63, 3.8) is 0 Å². The maximum Gasteiger partial charge on any atom is 0.227 e. The van der Waals surface area contributed by atoms with Crippen LogP contribution in [0, 0.1) is 13.8 Å². The van der Waals surface area contributed by atoms with Gasteiger partial charge in [0.1, 0.15) is 0 Å². The van der Waals surface area contributed by atoms with Crippen LogP contribution in [0.4, 0.5) is 4.39 Å². The van der Waals surface area contributed by atoms with E-state index < -0.39 is 3.68 Å². The quantitative estimate of drug-likeness (QED) is 0.531. The molecule has 0 saturated heterocycles. The van der Waals surface area contributed by atoms with E-state index in [1.807, 2.05) is 19.9 Å². The van der Waals surface area contributed by atoms with E-state index in [2.05, 4.69) is 0 Å². The molecule has 3 heteroatoms. The SMILES string of the molecule is Cc1cc(C)c2c(c1)C(=O)C(F)(I)C2. The molecule has 0 saturated carbocycles. The molecule has 1 aliphatic carbocycles. The van der Waals surface area contributed by atoms with Crippen LogP contribution in [0.25, 0.3) is 0 Å². The van der Waals surface area contributed by atoms with Crippen LogP contribution < -0.4 is 0 Å². The highest BCUT2D eigenvalue weighted by Gasteiger charge is 2.44. The predicted octanol–water partition coefficient (Wildman–Crippen LogP) is 3.14. The Morgan fingerprint density at radius 3 is 2.71 bits per heavy atom. The zero-order valence-electron chi connectivity index (χ0n) is 8.03. The third-order valence-corrected chi connectivity index (χ3v) is 3.46. The number of hydrogen-bond donors (Lipinski definition) is 0. The Bertz CT molecular complexity index is 424. The van der Waals surface area contributed by atoms with Gasteiger partial charge < -0.3 is 0 Å². The molecule has 2 rings (SSSR count). The van der Waals surface area contributed by atoms with Gasteiger partial charge in [0.25, 0.3) is 0 Å². The smallest absolute Gasteiger partial charge is 0.227 e. The fraction of sp³-hybridized carbons (Fsp3) is 0.364. The van der Waals surface area contributed by atoms with E-state index in [1.165, 1.54) is 0 Å². The van der Waals surface area contributed by atoms with Crippen molar-refractivity contribution in [2.45, 2.75) is 23.9 Å². The lowest BCUT2D eigenvalue weighted by Crippen LogP contribution is -2.21. The number of rotatable bonds is 0.